The molecule has 3 N–H and O–H groups in total. The first-order chi connectivity index (χ1) is 28.0. The molecule has 2 saturated heterocycles. The van der Waals surface area contributed by atoms with Gasteiger partial charge in [0.15, 0.2) is 12.6 Å². The van der Waals surface area contributed by atoms with E-state index in [1.165, 1.54) is 30.5 Å². The highest BCUT2D eigenvalue weighted by Crippen LogP contribution is 2.44. The summed E-state index contributed by atoms with van der Waals surface area (Å²) >= 11 is 0. The molecule has 16 nitrogen and oxygen atoms in total. The van der Waals surface area contributed by atoms with Crippen molar-refractivity contribution in [3.63, 3.8) is 0 Å². The fourth-order valence-electron chi connectivity index (χ4n) is 6.62. The van der Waals surface area contributed by atoms with Crippen molar-refractivity contribution in [2.45, 2.75) is 89.0 Å². The molecule has 5 rings (SSSR count). The van der Waals surface area contributed by atoms with Crippen LogP contribution in [0.1, 0.15) is 46.6 Å². The number of nitrogens with zero attached hydrogens (tertiary/aromatic N) is 1. The standard InChI is InChI=1S/C41H56N3O13PS/c1-27(2)23-44(59(49,50)34-18-16-31(51-6)17-19-34)24-37(45)36(42-41(47)56-38-25-53-40-35(38)20-21-52-40)22-30-12-14-32(15-13-30)54-26-58(48,57-33-10-8-7-9-11-33)43-29(5)39(46)55-28(3)4/h7-19,27-29,35-38,40,45H,20-26H2,1-6H3,(H,42,47)(H,43,48)/t29-,35-,36-,37+,38-,40+,58?/m0/s1. The number of esters is 1. The van der Waals surface area contributed by atoms with Gasteiger partial charge in [-0.3, -0.25) is 9.36 Å². The van der Waals surface area contributed by atoms with E-state index in [4.69, 9.17) is 32.9 Å². The topological polar surface area (TPSA) is 197 Å². The van der Waals surface area contributed by atoms with Gasteiger partial charge >= 0.3 is 19.6 Å². The summed E-state index contributed by atoms with van der Waals surface area (Å²) < 4.78 is 82.3. The van der Waals surface area contributed by atoms with Crippen molar-refractivity contribution in [3.8, 4) is 17.2 Å². The van der Waals surface area contributed by atoms with Gasteiger partial charge in [0.25, 0.3) is 0 Å². The Kier molecular flexibility index (Phi) is 16.2. The number of alkyl carbamates (subject to hydrolysis) is 1. The number of aliphatic hydroxyl groups is 1. The third kappa shape index (κ3) is 13.1. The SMILES string of the molecule is COc1ccc(S(=O)(=O)N(CC(C)C)C[C@@H](O)[C@H](Cc2ccc(OCP(=O)(N[C@@H](C)C(=O)OC(C)C)Oc3ccccc3)cc2)NC(=O)O[C@H]2CO[C@H]3OCC[C@H]32)cc1. The second-order valence-electron chi connectivity index (χ2n) is 15.2. The van der Waals surface area contributed by atoms with E-state index in [9.17, 15) is 27.7 Å². The van der Waals surface area contributed by atoms with Crippen LogP contribution in [0.5, 0.6) is 17.2 Å². The summed E-state index contributed by atoms with van der Waals surface area (Å²) in [4.78, 5) is 26.0. The number of rotatable bonds is 21. The Morgan fingerprint density at radius 3 is 2.24 bits per heavy atom. The van der Waals surface area contributed by atoms with Crippen LogP contribution < -0.4 is 24.4 Å². The molecule has 0 saturated carbocycles. The van der Waals surface area contributed by atoms with E-state index >= 15 is 0 Å². The van der Waals surface area contributed by atoms with Gasteiger partial charge in [0.1, 0.15) is 29.4 Å². The molecule has 2 fully saturated rings. The second kappa shape index (κ2) is 20.8. The maximum absolute atomic E-state index is 14.1. The van der Waals surface area contributed by atoms with E-state index < -0.39 is 66.5 Å². The van der Waals surface area contributed by atoms with Crippen molar-refractivity contribution >= 4 is 29.6 Å². The Labute approximate surface area is 346 Å². The summed E-state index contributed by atoms with van der Waals surface area (Å²) in [5.74, 6) is 0.304. The molecule has 0 aliphatic carbocycles. The van der Waals surface area contributed by atoms with E-state index in [0.29, 0.717) is 35.8 Å². The largest absolute Gasteiger partial charge is 0.497 e. The molecule has 1 unspecified atom stereocenters. The predicted molar refractivity (Wildman–Crippen MR) is 218 cm³/mol. The molecule has 2 heterocycles. The number of fused-ring (bicyclic) bond motifs is 1. The minimum atomic E-state index is -4.08. The molecule has 3 aromatic carbocycles. The Balaban J connectivity index is 1.32. The molecule has 3 aromatic rings. The van der Waals surface area contributed by atoms with Gasteiger partial charge in [-0.25, -0.2) is 18.3 Å². The monoisotopic (exact) mass is 861 g/mol. The zero-order valence-corrected chi connectivity index (χ0v) is 35.9. The van der Waals surface area contributed by atoms with Crippen LogP contribution in [0.4, 0.5) is 4.79 Å². The lowest BCUT2D eigenvalue weighted by atomic mass is 10.0. The number of ether oxygens (including phenoxy) is 6. The number of amides is 1. The lowest BCUT2D eigenvalue weighted by Gasteiger charge is -2.31. The van der Waals surface area contributed by atoms with Gasteiger partial charge in [-0.2, -0.15) is 4.31 Å². The lowest BCUT2D eigenvalue weighted by molar-refractivity contribution is -0.149. The second-order valence-corrected chi connectivity index (χ2v) is 19.2. The van der Waals surface area contributed by atoms with Crippen molar-refractivity contribution in [3.05, 3.63) is 84.4 Å². The highest BCUT2D eigenvalue weighted by Gasteiger charge is 2.44. The van der Waals surface area contributed by atoms with Crippen LogP contribution in [0.25, 0.3) is 0 Å². The summed E-state index contributed by atoms with van der Waals surface area (Å²) in [5, 5.41) is 17.3. The van der Waals surface area contributed by atoms with Crippen LogP contribution >= 0.6 is 7.52 Å². The van der Waals surface area contributed by atoms with Crippen LogP contribution in [0, 0.1) is 11.8 Å². The van der Waals surface area contributed by atoms with E-state index in [0.717, 1.165) is 0 Å². The first-order valence-electron chi connectivity index (χ1n) is 19.6. The van der Waals surface area contributed by atoms with Crippen molar-refractivity contribution < 1.29 is 60.6 Å². The summed E-state index contributed by atoms with van der Waals surface area (Å²) in [6, 6.07) is 19.1. The normalized spacial score (nSPS) is 20.3. The molecule has 7 atom stereocenters. The maximum atomic E-state index is 14.1. The van der Waals surface area contributed by atoms with Crippen molar-refractivity contribution in [2.75, 3.05) is 39.8 Å². The zero-order chi connectivity index (χ0) is 42.7. The molecule has 2 aliphatic rings. The van der Waals surface area contributed by atoms with Gasteiger partial charge in [0.05, 0.1) is 49.4 Å². The summed E-state index contributed by atoms with van der Waals surface area (Å²) in [6.07, 6.45) is -3.25. The number of hydrogen-bond donors (Lipinski definition) is 3. The van der Waals surface area contributed by atoms with Gasteiger partial charge < -0.3 is 43.4 Å². The highest BCUT2D eigenvalue weighted by atomic mass is 32.2. The van der Waals surface area contributed by atoms with Gasteiger partial charge in [-0.1, -0.05) is 44.2 Å². The highest BCUT2D eigenvalue weighted by molar-refractivity contribution is 7.89. The number of methoxy groups -OCH3 is 1. The molecule has 1 amide bonds. The zero-order valence-electron chi connectivity index (χ0n) is 34.2. The van der Waals surface area contributed by atoms with Crippen LogP contribution in [0.15, 0.2) is 83.8 Å². The Morgan fingerprint density at radius 2 is 1.59 bits per heavy atom. The third-order valence-electron chi connectivity index (χ3n) is 9.54. The fraction of sp³-hybridized carbons (Fsp3) is 0.512. The molecule has 324 valence electrons. The van der Waals surface area contributed by atoms with Gasteiger partial charge in [-0.15, -0.1) is 0 Å². The lowest BCUT2D eigenvalue weighted by Crippen LogP contribution is -2.51. The quantitative estimate of drug-likeness (QED) is 0.0917. The van der Waals surface area contributed by atoms with E-state index in [2.05, 4.69) is 10.4 Å². The summed E-state index contributed by atoms with van der Waals surface area (Å²) in [7, 11) is -6.45. The van der Waals surface area contributed by atoms with Gasteiger partial charge in [-0.05, 0) is 93.6 Å². The Hall–Kier alpha value is -4.22. The number of sulfonamides is 1. The molecule has 0 radical (unpaired) electrons. The van der Waals surface area contributed by atoms with Crippen LogP contribution in [0.3, 0.4) is 0 Å². The summed E-state index contributed by atoms with van der Waals surface area (Å²) in [6.45, 7) is 9.10. The molecule has 0 spiro atoms. The number of nitrogens with one attached hydrogen (secondary N) is 2. The predicted octanol–water partition coefficient (Wildman–Crippen LogP) is 5.34. The number of aliphatic hydroxyl groups excluding tert-OH is 1. The van der Waals surface area contributed by atoms with Crippen molar-refractivity contribution in [2.24, 2.45) is 11.8 Å². The van der Waals surface area contributed by atoms with Gasteiger partial charge in [0.2, 0.25) is 10.0 Å². The Bertz CT molecular complexity index is 1970. The van der Waals surface area contributed by atoms with Crippen LogP contribution in [-0.2, 0) is 44.8 Å². The van der Waals surface area contributed by atoms with Crippen molar-refractivity contribution in [1.29, 1.82) is 0 Å². The number of carbonyl (C=O) groups excluding carboxylic acids is 2. The first kappa shape index (κ1) is 45.9. The third-order valence-corrected chi connectivity index (χ3v) is 13.1. The minimum absolute atomic E-state index is 0.0269. The number of para-hydroxylation sites is 1. The number of benzene rings is 3. The molecule has 2 aliphatic heterocycles. The first-order valence-corrected chi connectivity index (χ1v) is 22.9. The average molecular weight is 862 g/mol. The molecule has 18 heteroatoms. The smallest absolute Gasteiger partial charge is 0.407 e. The van der Waals surface area contributed by atoms with Gasteiger partial charge in [0, 0.05) is 13.1 Å². The molecular formula is C41H56N3O13PS. The maximum Gasteiger partial charge on any atom is 0.407 e. The fourth-order valence-corrected chi connectivity index (χ4v) is 9.90. The van der Waals surface area contributed by atoms with E-state index in [1.54, 1.807) is 80.6 Å². The Morgan fingerprint density at radius 1 is 0.915 bits per heavy atom. The minimum Gasteiger partial charge on any atom is -0.497 e. The molecule has 0 bridgehead atoms. The number of hydrogen-bond acceptors (Lipinski definition) is 13. The summed E-state index contributed by atoms with van der Waals surface area (Å²) in [5.41, 5.74) is 0.649. The van der Waals surface area contributed by atoms with E-state index in [-0.39, 0.29) is 49.0 Å². The number of carbonyl (C=O) groups is 2. The van der Waals surface area contributed by atoms with Crippen LogP contribution in [-0.4, -0.2) is 106 Å². The average Bonchev–Trinajstić information content (AvgIpc) is 3.82. The van der Waals surface area contributed by atoms with Crippen LogP contribution in [0.2, 0.25) is 0 Å². The molecular weight excluding hydrogens is 805 g/mol. The van der Waals surface area contributed by atoms with E-state index in [1.807, 2.05) is 13.8 Å². The molecule has 0 aromatic heterocycles. The molecule has 59 heavy (non-hydrogen) atoms. The van der Waals surface area contributed by atoms with Crippen molar-refractivity contribution in [1.82, 2.24) is 14.7 Å².